The van der Waals surface area contributed by atoms with E-state index in [9.17, 15) is 9.59 Å². The van der Waals surface area contributed by atoms with Crippen LogP contribution in [0.5, 0.6) is 0 Å². The van der Waals surface area contributed by atoms with Gasteiger partial charge in [-0.25, -0.2) is 0 Å². The first-order valence-corrected chi connectivity index (χ1v) is 13.5. The second kappa shape index (κ2) is 9.20. The lowest BCUT2D eigenvalue weighted by molar-refractivity contribution is -0.121. The van der Waals surface area contributed by atoms with Gasteiger partial charge in [0, 0.05) is 36.3 Å². The lowest BCUT2D eigenvalue weighted by atomic mass is 10.0. The van der Waals surface area contributed by atoms with Crippen molar-refractivity contribution in [1.29, 1.82) is 0 Å². The van der Waals surface area contributed by atoms with E-state index >= 15 is 0 Å². The largest absolute Gasteiger partial charge is 0.310 e. The first-order chi connectivity index (χ1) is 16.7. The number of carbonyl (C=O) groups is 2. The maximum Gasteiger partial charge on any atom is 0.230 e. The second-order valence-electron chi connectivity index (χ2n) is 10.9. The minimum absolute atomic E-state index is 0.176. The van der Waals surface area contributed by atoms with Gasteiger partial charge in [-0.3, -0.25) is 9.59 Å². The van der Waals surface area contributed by atoms with Crippen LogP contribution in [0.4, 0.5) is 11.4 Å². The molecule has 2 aromatic carbocycles. The van der Waals surface area contributed by atoms with E-state index in [1.807, 2.05) is 70.5 Å². The van der Waals surface area contributed by atoms with Crippen LogP contribution in [0.25, 0.3) is 0 Å². The van der Waals surface area contributed by atoms with Crippen molar-refractivity contribution in [1.82, 2.24) is 0 Å². The summed E-state index contributed by atoms with van der Waals surface area (Å²) >= 11 is 0. The normalized spacial score (nSPS) is 31.1. The number of hydrogen-bond acceptors (Lipinski definition) is 2. The fraction of sp³-hybridized carbons (Fsp3) is 0.533. The van der Waals surface area contributed by atoms with Gasteiger partial charge in [-0.1, -0.05) is 62.1 Å². The number of carbonyl (C=O) groups excluding carboxylic acids is 2. The van der Waals surface area contributed by atoms with E-state index in [0.29, 0.717) is 36.8 Å². The lowest BCUT2D eigenvalue weighted by Gasteiger charge is -2.29. The molecule has 0 bridgehead atoms. The summed E-state index contributed by atoms with van der Waals surface area (Å²) in [5.41, 5.74) is 1.91. The van der Waals surface area contributed by atoms with Crippen LogP contribution in [0.15, 0.2) is 60.7 Å². The summed E-state index contributed by atoms with van der Waals surface area (Å²) in [6, 6.07) is 20.2. The molecule has 5 atom stereocenters. The zero-order chi connectivity index (χ0) is 23.1. The Kier molecular flexibility index (Phi) is 5.92. The van der Waals surface area contributed by atoms with Gasteiger partial charge in [-0.05, 0) is 73.6 Å². The van der Waals surface area contributed by atoms with E-state index in [-0.39, 0.29) is 23.7 Å². The maximum atomic E-state index is 13.8. The minimum Gasteiger partial charge on any atom is -0.310 e. The molecule has 0 N–H and O–H groups in total. The number of hydrogen-bond donors (Lipinski definition) is 0. The molecule has 0 heterocycles. The van der Waals surface area contributed by atoms with Crippen molar-refractivity contribution < 1.29 is 9.59 Å². The van der Waals surface area contributed by atoms with Gasteiger partial charge in [0.2, 0.25) is 11.8 Å². The number of anilines is 2. The van der Waals surface area contributed by atoms with Crippen LogP contribution in [0.3, 0.4) is 0 Å². The summed E-state index contributed by atoms with van der Waals surface area (Å²) in [5, 5.41) is 0. The monoisotopic (exact) mass is 456 g/mol. The van der Waals surface area contributed by atoms with Gasteiger partial charge < -0.3 is 9.80 Å². The fourth-order valence-corrected chi connectivity index (χ4v) is 7.23. The Morgan fingerprint density at radius 2 is 0.882 bits per heavy atom. The molecule has 0 radical (unpaired) electrons. The predicted molar refractivity (Wildman–Crippen MR) is 135 cm³/mol. The molecule has 4 nitrogen and oxygen atoms in total. The molecule has 2 amide bonds. The molecule has 2 aromatic rings. The molecule has 0 aromatic heterocycles. The third-order valence-electron chi connectivity index (χ3n) is 9.10. The molecule has 4 aliphatic rings. The zero-order valence-electron chi connectivity index (χ0n) is 20.0. The molecule has 0 spiro atoms. The van der Waals surface area contributed by atoms with Crippen molar-refractivity contribution >= 4 is 23.2 Å². The Hall–Kier alpha value is -2.62. The van der Waals surface area contributed by atoms with Gasteiger partial charge in [0.15, 0.2) is 0 Å². The van der Waals surface area contributed by atoms with Crippen LogP contribution < -0.4 is 9.80 Å². The topological polar surface area (TPSA) is 40.6 Å². The van der Waals surface area contributed by atoms with Crippen LogP contribution in [-0.2, 0) is 9.59 Å². The molecule has 4 aliphatic carbocycles. The van der Waals surface area contributed by atoms with Crippen LogP contribution in [0.2, 0.25) is 0 Å². The van der Waals surface area contributed by atoms with Crippen LogP contribution in [0, 0.1) is 35.5 Å². The highest BCUT2D eigenvalue weighted by molar-refractivity contribution is 5.99. The Bertz CT molecular complexity index is 915. The highest BCUT2D eigenvalue weighted by atomic mass is 16.2. The van der Waals surface area contributed by atoms with Crippen molar-refractivity contribution in [3.8, 4) is 0 Å². The van der Waals surface area contributed by atoms with E-state index in [0.717, 1.165) is 11.4 Å². The standard InChI is InChI=1S/C30H36N2O2/c33-29(27-23-15-7-8-16-24(23)27)31(21-11-3-1-4-12-21)19-20-32(22-13-5-2-6-14-22)30(34)28-25-17-9-10-18-26(25)28/h1-6,11-14,23-28H,7-10,15-20H2/t23-,24-,25-,26+,28?/m0/s1. The van der Waals surface area contributed by atoms with E-state index < -0.39 is 0 Å². The average Bonchev–Trinajstić information content (AvgIpc) is 3.80. The third kappa shape index (κ3) is 4.06. The molecule has 34 heavy (non-hydrogen) atoms. The van der Waals surface area contributed by atoms with Gasteiger partial charge >= 0.3 is 0 Å². The van der Waals surface area contributed by atoms with Gasteiger partial charge in [0.25, 0.3) is 0 Å². The van der Waals surface area contributed by atoms with Crippen molar-refractivity contribution in [3.05, 3.63) is 60.7 Å². The Labute approximate surface area is 203 Å². The number of para-hydroxylation sites is 2. The fourth-order valence-electron chi connectivity index (χ4n) is 7.23. The summed E-state index contributed by atoms with van der Waals surface area (Å²) in [4.78, 5) is 31.5. The molecular formula is C30H36N2O2. The van der Waals surface area contributed by atoms with Crippen LogP contribution in [-0.4, -0.2) is 24.9 Å². The molecule has 4 heteroatoms. The Morgan fingerprint density at radius 1 is 0.559 bits per heavy atom. The van der Waals surface area contributed by atoms with Crippen molar-refractivity contribution in [2.75, 3.05) is 22.9 Å². The summed E-state index contributed by atoms with van der Waals surface area (Å²) in [6.07, 6.45) is 9.83. The number of benzene rings is 2. The summed E-state index contributed by atoms with van der Waals surface area (Å²) in [6.45, 7) is 1.09. The smallest absolute Gasteiger partial charge is 0.230 e. The molecule has 0 saturated heterocycles. The number of rotatable bonds is 7. The predicted octanol–water partition coefficient (Wildman–Crippen LogP) is 5.93. The van der Waals surface area contributed by atoms with E-state index in [4.69, 9.17) is 0 Å². The molecule has 4 fully saturated rings. The molecule has 1 unspecified atom stereocenters. The SMILES string of the molecule is O=C(C1[C@H]2CCCC[C@H]12)N(CCN(C(=O)C1[C@H]2CCCC[C@@H]12)c1ccccc1)c1ccccc1. The highest BCUT2D eigenvalue weighted by Gasteiger charge is 2.57. The highest BCUT2D eigenvalue weighted by Crippen LogP contribution is 2.57. The van der Waals surface area contributed by atoms with Gasteiger partial charge in [-0.2, -0.15) is 0 Å². The minimum atomic E-state index is 0.176. The van der Waals surface area contributed by atoms with Gasteiger partial charge in [0.05, 0.1) is 0 Å². The first kappa shape index (κ1) is 21.9. The molecule has 4 saturated carbocycles. The maximum absolute atomic E-state index is 13.8. The Morgan fingerprint density at radius 3 is 1.21 bits per heavy atom. The molecule has 0 aliphatic heterocycles. The van der Waals surface area contributed by atoms with E-state index in [1.165, 1.54) is 51.4 Å². The van der Waals surface area contributed by atoms with Crippen molar-refractivity contribution in [3.63, 3.8) is 0 Å². The van der Waals surface area contributed by atoms with Crippen LogP contribution in [0.1, 0.15) is 51.4 Å². The quantitative estimate of drug-likeness (QED) is 0.518. The third-order valence-corrected chi connectivity index (χ3v) is 9.10. The average molecular weight is 457 g/mol. The first-order valence-electron chi connectivity index (χ1n) is 13.5. The number of fused-ring (bicyclic) bond motifs is 2. The lowest BCUT2D eigenvalue weighted by Crippen LogP contribution is -2.43. The summed E-state index contributed by atoms with van der Waals surface area (Å²) in [5.74, 6) is 3.20. The Balaban J connectivity index is 1.23. The molecule has 178 valence electrons. The zero-order valence-corrected chi connectivity index (χ0v) is 20.0. The number of nitrogens with zero attached hydrogens (tertiary/aromatic N) is 2. The van der Waals surface area contributed by atoms with Crippen molar-refractivity contribution in [2.24, 2.45) is 35.5 Å². The second-order valence-corrected chi connectivity index (χ2v) is 10.9. The summed E-state index contributed by atoms with van der Waals surface area (Å²) < 4.78 is 0. The van der Waals surface area contributed by atoms with Gasteiger partial charge in [0.1, 0.15) is 0 Å². The molecular weight excluding hydrogens is 420 g/mol. The number of amides is 2. The van der Waals surface area contributed by atoms with Crippen LogP contribution >= 0.6 is 0 Å². The molecule has 6 rings (SSSR count). The summed E-state index contributed by atoms with van der Waals surface area (Å²) in [7, 11) is 0. The van der Waals surface area contributed by atoms with E-state index in [2.05, 4.69) is 0 Å². The van der Waals surface area contributed by atoms with Crippen molar-refractivity contribution in [2.45, 2.75) is 51.4 Å². The van der Waals surface area contributed by atoms with E-state index in [1.54, 1.807) is 0 Å². The van der Waals surface area contributed by atoms with Gasteiger partial charge in [-0.15, -0.1) is 0 Å².